The summed E-state index contributed by atoms with van der Waals surface area (Å²) in [5, 5.41) is 3.31. The summed E-state index contributed by atoms with van der Waals surface area (Å²) in [7, 11) is 0. The van der Waals surface area contributed by atoms with Crippen molar-refractivity contribution in [2.45, 2.75) is 32.6 Å². The fourth-order valence-electron chi connectivity index (χ4n) is 1.35. The monoisotopic (exact) mass is 227 g/mol. The Labute approximate surface area is 96.3 Å². The van der Waals surface area contributed by atoms with Crippen LogP contribution in [0.25, 0.3) is 0 Å². The van der Waals surface area contributed by atoms with Crippen LogP contribution in [0, 0.1) is 5.41 Å². The molecule has 1 N–H and O–H groups in total. The highest BCUT2D eigenvalue weighted by atomic mass is 35.5. The van der Waals surface area contributed by atoms with Gasteiger partial charge in [-0.15, -0.1) is 11.6 Å². The summed E-state index contributed by atoms with van der Waals surface area (Å²) in [4.78, 5) is 7.91. The third-order valence-electron chi connectivity index (χ3n) is 1.92. The lowest BCUT2D eigenvalue weighted by atomic mass is 9.90. The lowest BCUT2D eigenvalue weighted by molar-refractivity contribution is 0.373. The Morgan fingerprint density at radius 2 is 2.20 bits per heavy atom. The zero-order valence-corrected chi connectivity index (χ0v) is 10.3. The van der Waals surface area contributed by atoms with Gasteiger partial charge < -0.3 is 5.32 Å². The van der Waals surface area contributed by atoms with Gasteiger partial charge >= 0.3 is 0 Å². The predicted octanol–water partition coefficient (Wildman–Crippen LogP) is 2.93. The Kier molecular flexibility index (Phi) is 4.33. The summed E-state index contributed by atoms with van der Waals surface area (Å²) in [6.45, 7) is 7.29. The molecular formula is C11H18ClN3. The largest absolute Gasteiger partial charge is 0.368 e. The molecule has 0 saturated carbocycles. The maximum absolute atomic E-state index is 6.21. The van der Waals surface area contributed by atoms with E-state index in [4.69, 9.17) is 11.6 Å². The van der Waals surface area contributed by atoms with Crippen LogP contribution >= 0.6 is 11.6 Å². The highest BCUT2D eigenvalue weighted by Gasteiger charge is 2.16. The minimum atomic E-state index is 0.125. The van der Waals surface area contributed by atoms with Gasteiger partial charge in [0, 0.05) is 12.7 Å². The minimum absolute atomic E-state index is 0.125. The molecule has 1 atom stereocenters. The molecule has 15 heavy (non-hydrogen) atoms. The van der Waals surface area contributed by atoms with Crippen LogP contribution in [0.1, 0.15) is 27.2 Å². The molecule has 1 heterocycles. The predicted molar refractivity (Wildman–Crippen MR) is 64.2 cm³/mol. The number of alkyl halides is 1. The van der Waals surface area contributed by atoms with Crippen LogP contribution < -0.4 is 5.32 Å². The molecule has 1 unspecified atom stereocenters. The number of hydrogen-bond donors (Lipinski definition) is 1. The molecule has 84 valence electrons. The van der Waals surface area contributed by atoms with Gasteiger partial charge in [-0.25, -0.2) is 9.97 Å². The first kappa shape index (κ1) is 12.2. The van der Waals surface area contributed by atoms with E-state index in [9.17, 15) is 0 Å². The van der Waals surface area contributed by atoms with E-state index in [-0.39, 0.29) is 10.8 Å². The van der Waals surface area contributed by atoms with E-state index in [1.165, 1.54) is 6.33 Å². The van der Waals surface area contributed by atoms with Gasteiger partial charge in [0.2, 0.25) is 0 Å². The molecule has 0 fully saturated rings. The van der Waals surface area contributed by atoms with Crippen molar-refractivity contribution in [3.63, 3.8) is 0 Å². The molecule has 0 spiro atoms. The molecule has 0 aliphatic rings. The zero-order valence-electron chi connectivity index (χ0n) is 9.50. The first-order valence-corrected chi connectivity index (χ1v) is 5.55. The van der Waals surface area contributed by atoms with E-state index in [1.54, 1.807) is 6.20 Å². The van der Waals surface area contributed by atoms with Crippen molar-refractivity contribution in [3.8, 4) is 0 Å². The van der Waals surface area contributed by atoms with E-state index < -0.39 is 0 Å². The molecule has 1 rings (SSSR count). The summed E-state index contributed by atoms with van der Waals surface area (Å²) in [5.74, 6) is 0.824. The quantitative estimate of drug-likeness (QED) is 0.804. The van der Waals surface area contributed by atoms with Crippen LogP contribution in [-0.4, -0.2) is 21.9 Å². The number of nitrogens with one attached hydrogen (secondary N) is 1. The molecule has 1 aromatic rings. The summed E-state index contributed by atoms with van der Waals surface area (Å²) in [6, 6.07) is 1.83. The molecule has 0 radical (unpaired) electrons. The van der Waals surface area contributed by atoms with Gasteiger partial charge in [0.1, 0.15) is 12.1 Å². The van der Waals surface area contributed by atoms with Crippen molar-refractivity contribution < 1.29 is 0 Å². The summed E-state index contributed by atoms with van der Waals surface area (Å²) >= 11 is 6.21. The zero-order chi connectivity index (χ0) is 11.3. The van der Waals surface area contributed by atoms with Crippen molar-refractivity contribution in [2.75, 3.05) is 11.9 Å². The minimum Gasteiger partial charge on any atom is -0.368 e. The summed E-state index contributed by atoms with van der Waals surface area (Å²) in [5.41, 5.74) is 0.264. The normalized spacial score (nSPS) is 13.6. The molecule has 4 heteroatoms. The maximum atomic E-state index is 6.21. The average Bonchev–Trinajstić information content (AvgIpc) is 2.14. The Bertz CT molecular complexity index is 282. The van der Waals surface area contributed by atoms with E-state index >= 15 is 0 Å². The molecular weight excluding hydrogens is 210 g/mol. The average molecular weight is 228 g/mol. The molecule has 0 saturated heterocycles. The Balaban J connectivity index is 2.32. The Morgan fingerprint density at radius 3 is 2.73 bits per heavy atom. The summed E-state index contributed by atoms with van der Waals surface area (Å²) in [6.07, 6.45) is 4.21. The third kappa shape index (κ3) is 5.57. The second-order valence-corrected chi connectivity index (χ2v) is 5.45. The number of anilines is 1. The Hall–Kier alpha value is -0.830. The highest BCUT2D eigenvalue weighted by molar-refractivity contribution is 6.20. The number of rotatable bonds is 4. The molecule has 0 aromatic carbocycles. The topological polar surface area (TPSA) is 37.8 Å². The van der Waals surface area contributed by atoms with E-state index in [1.807, 2.05) is 6.07 Å². The van der Waals surface area contributed by atoms with Crippen LogP contribution in [0.2, 0.25) is 0 Å². The van der Waals surface area contributed by atoms with Gasteiger partial charge in [-0.3, -0.25) is 0 Å². The van der Waals surface area contributed by atoms with E-state index in [0.717, 1.165) is 18.8 Å². The second kappa shape index (κ2) is 5.31. The van der Waals surface area contributed by atoms with Gasteiger partial charge in [0.05, 0.1) is 5.38 Å². The standard InChI is InChI=1S/C11H18ClN3/c1-11(2,3)6-9(12)7-14-10-4-5-13-8-15-10/h4-5,8-9H,6-7H2,1-3H3,(H,13,14,15). The number of halogens is 1. The van der Waals surface area contributed by atoms with Crippen molar-refractivity contribution in [3.05, 3.63) is 18.6 Å². The lowest BCUT2D eigenvalue weighted by Gasteiger charge is -2.22. The van der Waals surface area contributed by atoms with Crippen molar-refractivity contribution in [2.24, 2.45) is 5.41 Å². The smallest absolute Gasteiger partial charge is 0.129 e. The SMILES string of the molecule is CC(C)(C)CC(Cl)CNc1ccncn1. The number of hydrogen-bond acceptors (Lipinski definition) is 3. The van der Waals surface area contributed by atoms with Crippen LogP contribution in [-0.2, 0) is 0 Å². The maximum Gasteiger partial charge on any atom is 0.129 e. The van der Waals surface area contributed by atoms with Gasteiger partial charge in [0.15, 0.2) is 0 Å². The molecule has 0 aliphatic carbocycles. The lowest BCUT2D eigenvalue weighted by Crippen LogP contribution is -2.21. The summed E-state index contributed by atoms with van der Waals surface area (Å²) < 4.78 is 0. The van der Waals surface area contributed by atoms with Crippen LogP contribution in [0.3, 0.4) is 0 Å². The van der Waals surface area contributed by atoms with Gasteiger partial charge in [-0.1, -0.05) is 20.8 Å². The Morgan fingerprint density at radius 1 is 1.47 bits per heavy atom. The van der Waals surface area contributed by atoms with Crippen LogP contribution in [0.4, 0.5) is 5.82 Å². The van der Waals surface area contributed by atoms with Gasteiger partial charge in [0.25, 0.3) is 0 Å². The van der Waals surface area contributed by atoms with Crippen LogP contribution in [0.15, 0.2) is 18.6 Å². The first-order valence-electron chi connectivity index (χ1n) is 5.11. The fourth-order valence-corrected chi connectivity index (χ4v) is 1.89. The number of aromatic nitrogens is 2. The molecule has 1 aromatic heterocycles. The molecule has 0 amide bonds. The van der Waals surface area contributed by atoms with Gasteiger partial charge in [-0.05, 0) is 17.9 Å². The first-order chi connectivity index (χ1) is 6.97. The fraction of sp³-hybridized carbons (Fsp3) is 0.636. The molecule has 0 bridgehead atoms. The third-order valence-corrected chi connectivity index (χ3v) is 2.23. The molecule has 0 aliphatic heterocycles. The second-order valence-electron chi connectivity index (χ2n) is 4.84. The highest BCUT2D eigenvalue weighted by Crippen LogP contribution is 2.23. The van der Waals surface area contributed by atoms with Crippen molar-refractivity contribution >= 4 is 17.4 Å². The van der Waals surface area contributed by atoms with E-state index in [0.29, 0.717) is 0 Å². The van der Waals surface area contributed by atoms with Crippen molar-refractivity contribution in [1.29, 1.82) is 0 Å². The molecule has 3 nitrogen and oxygen atoms in total. The number of nitrogens with zero attached hydrogens (tertiary/aromatic N) is 2. The van der Waals surface area contributed by atoms with E-state index in [2.05, 4.69) is 36.1 Å². The van der Waals surface area contributed by atoms with Crippen molar-refractivity contribution in [1.82, 2.24) is 9.97 Å². The van der Waals surface area contributed by atoms with Crippen LogP contribution in [0.5, 0.6) is 0 Å². The van der Waals surface area contributed by atoms with Gasteiger partial charge in [-0.2, -0.15) is 0 Å².